The lowest BCUT2D eigenvalue weighted by Gasteiger charge is -2.23. The van der Waals surface area contributed by atoms with Crippen LogP contribution >= 0.6 is 23.2 Å². The van der Waals surface area contributed by atoms with Gasteiger partial charge in [-0.3, -0.25) is 9.59 Å². The summed E-state index contributed by atoms with van der Waals surface area (Å²) in [5.41, 5.74) is -0.249. The first kappa shape index (κ1) is 15.1. The molecule has 0 bridgehead atoms. The summed E-state index contributed by atoms with van der Waals surface area (Å²) in [7, 11) is 1.59. The van der Waals surface area contributed by atoms with Gasteiger partial charge in [0.15, 0.2) is 0 Å². The molecule has 20 heavy (non-hydrogen) atoms. The van der Waals surface area contributed by atoms with Gasteiger partial charge in [0.2, 0.25) is 5.91 Å². The monoisotopic (exact) mass is 315 g/mol. The summed E-state index contributed by atoms with van der Waals surface area (Å²) in [6.07, 6.45) is 1.97. The summed E-state index contributed by atoms with van der Waals surface area (Å²) < 4.78 is 0. The number of hydrogen-bond donors (Lipinski definition) is 1. The van der Waals surface area contributed by atoms with Gasteiger partial charge in [-0.15, -0.1) is 0 Å². The quantitative estimate of drug-likeness (QED) is 0.849. The molecule has 5 nitrogen and oxygen atoms in total. The van der Waals surface area contributed by atoms with Gasteiger partial charge < -0.3 is 10.2 Å². The van der Waals surface area contributed by atoms with Crippen molar-refractivity contribution in [1.82, 2.24) is 15.2 Å². The average molecular weight is 316 g/mol. The Morgan fingerprint density at radius 2 is 2.15 bits per heavy atom. The number of pyridine rings is 1. The molecule has 1 unspecified atom stereocenters. The van der Waals surface area contributed by atoms with Crippen LogP contribution in [0.5, 0.6) is 0 Å². The molecule has 1 aliphatic heterocycles. The summed E-state index contributed by atoms with van der Waals surface area (Å²) in [6.45, 7) is 2.72. The maximum Gasteiger partial charge on any atom is 0.255 e. The number of carbonyl (C=O) groups excluding carboxylic acids is 2. The molecule has 0 aromatic carbocycles. The number of halogens is 2. The first-order valence-corrected chi connectivity index (χ1v) is 6.95. The zero-order valence-corrected chi connectivity index (χ0v) is 12.8. The number of nitrogens with zero attached hydrogens (tertiary/aromatic N) is 2. The van der Waals surface area contributed by atoms with Crippen molar-refractivity contribution in [2.24, 2.45) is 5.41 Å². The van der Waals surface area contributed by atoms with Crippen LogP contribution in [0.3, 0.4) is 0 Å². The molecular formula is C13H15Cl2N3O2. The topological polar surface area (TPSA) is 62.3 Å². The predicted molar refractivity (Wildman–Crippen MR) is 77.0 cm³/mol. The first-order valence-electron chi connectivity index (χ1n) is 6.20. The van der Waals surface area contributed by atoms with E-state index in [0.717, 1.165) is 0 Å². The normalized spacial score (nSPS) is 21.9. The molecular weight excluding hydrogens is 301 g/mol. The molecule has 1 aromatic rings. The molecule has 1 atom stereocenters. The van der Waals surface area contributed by atoms with E-state index in [1.54, 1.807) is 11.9 Å². The molecule has 2 amide bonds. The lowest BCUT2D eigenvalue weighted by Crippen LogP contribution is -2.40. The fraction of sp³-hybridized carbons (Fsp3) is 0.462. The maximum atomic E-state index is 12.4. The van der Waals surface area contributed by atoms with Crippen LogP contribution in [-0.4, -0.2) is 41.8 Å². The van der Waals surface area contributed by atoms with Crippen LogP contribution in [0.15, 0.2) is 12.3 Å². The summed E-state index contributed by atoms with van der Waals surface area (Å²) in [6, 6.07) is 1.45. The number of carbonyl (C=O) groups is 2. The van der Waals surface area contributed by atoms with E-state index in [1.807, 2.05) is 6.92 Å². The number of rotatable bonds is 2. The zero-order chi connectivity index (χ0) is 14.9. The van der Waals surface area contributed by atoms with Crippen molar-refractivity contribution in [1.29, 1.82) is 0 Å². The van der Waals surface area contributed by atoms with Crippen molar-refractivity contribution in [3.8, 4) is 0 Å². The van der Waals surface area contributed by atoms with E-state index in [-0.39, 0.29) is 22.0 Å². The molecule has 0 aliphatic carbocycles. The molecule has 0 spiro atoms. The minimum Gasteiger partial charge on any atom is -0.359 e. The van der Waals surface area contributed by atoms with Gasteiger partial charge in [-0.2, -0.15) is 0 Å². The SMILES string of the molecule is CNC(=O)C1(C)CCN(C(=O)c2cc(Cl)ncc2Cl)C1. The molecule has 1 saturated heterocycles. The van der Waals surface area contributed by atoms with Gasteiger partial charge in [-0.25, -0.2) is 4.98 Å². The van der Waals surface area contributed by atoms with E-state index in [9.17, 15) is 9.59 Å². The Balaban J connectivity index is 2.20. The minimum atomic E-state index is -0.562. The lowest BCUT2D eigenvalue weighted by molar-refractivity contribution is -0.128. The van der Waals surface area contributed by atoms with E-state index in [1.165, 1.54) is 12.3 Å². The highest BCUT2D eigenvalue weighted by Crippen LogP contribution is 2.32. The summed E-state index contributed by atoms with van der Waals surface area (Å²) in [5.74, 6) is -0.293. The van der Waals surface area contributed by atoms with Crippen LogP contribution in [0, 0.1) is 5.41 Å². The van der Waals surface area contributed by atoms with Crippen LogP contribution in [-0.2, 0) is 4.79 Å². The standard InChI is InChI=1S/C13H15Cl2N3O2/c1-13(12(20)16-2)3-4-18(7-13)11(19)8-5-10(15)17-6-9(8)14/h5-6H,3-4,7H2,1-2H3,(H,16,20). The maximum absolute atomic E-state index is 12.4. The highest BCUT2D eigenvalue weighted by molar-refractivity contribution is 6.35. The highest BCUT2D eigenvalue weighted by Gasteiger charge is 2.41. The summed E-state index contributed by atoms with van der Waals surface area (Å²) >= 11 is 11.8. The molecule has 1 fully saturated rings. The molecule has 0 radical (unpaired) electrons. The molecule has 1 N–H and O–H groups in total. The Bertz CT molecular complexity index is 565. The fourth-order valence-corrected chi connectivity index (χ4v) is 2.71. The average Bonchev–Trinajstić information content (AvgIpc) is 2.83. The Kier molecular flexibility index (Phi) is 4.20. The fourth-order valence-electron chi connectivity index (χ4n) is 2.37. The third kappa shape index (κ3) is 2.74. The lowest BCUT2D eigenvalue weighted by atomic mass is 9.89. The number of likely N-dealkylation sites (tertiary alicyclic amines) is 1. The second kappa shape index (κ2) is 5.58. The van der Waals surface area contributed by atoms with E-state index in [2.05, 4.69) is 10.3 Å². The van der Waals surface area contributed by atoms with E-state index >= 15 is 0 Å². The van der Waals surface area contributed by atoms with Crippen LogP contribution in [0.4, 0.5) is 0 Å². The van der Waals surface area contributed by atoms with Gasteiger partial charge >= 0.3 is 0 Å². The third-order valence-electron chi connectivity index (χ3n) is 3.59. The summed E-state index contributed by atoms with van der Waals surface area (Å²) in [5, 5.41) is 3.10. The van der Waals surface area contributed by atoms with Gasteiger partial charge in [0.1, 0.15) is 5.15 Å². The Hall–Kier alpha value is -1.33. The molecule has 2 heterocycles. The van der Waals surface area contributed by atoms with Gasteiger partial charge in [0.05, 0.1) is 16.0 Å². The molecule has 1 aliphatic rings. The second-order valence-corrected chi connectivity index (χ2v) is 5.90. The van der Waals surface area contributed by atoms with Crippen LogP contribution < -0.4 is 5.32 Å². The van der Waals surface area contributed by atoms with Gasteiger partial charge in [-0.05, 0) is 19.4 Å². The predicted octanol–water partition coefficient (Wildman–Crippen LogP) is 1.99. The van der Waals surface area contributed by atoms with E-state index < -0.39 is 5.41 Å². The first-order chi connectivity index (χ1) is 9.37. The van der Waals surface area contributed by atoms with Crippen LogP contribution in [0.1, 0.15) is 23.7 Å². The molecule has 108 valence electrons. The molecule has 2 rings (SSSR count). The summed E-state index contributed by atoms with van der Waals surface area (Å²) in [4.78, 5) is 29.7. The van der Waals surface area contributed by atoms with Crippen LogP contribution in [0.25, 0.3) is 0 Å². The van der Waals surface area contributed by atoms with E-state index in [4.69, 9.17) is 23.2 Å². The van der Waals surface area contributed by atoms with Crippen molar-refractivity contribution < 1.29 is 9.59 Å². The zero-order valence-electron chi connectivity index (χ0n) is 11.2. The Morgan fingerprint density at radius 1 is 1.45 bits per heavy atom. The van der Waals surface area contributed by atoms with E-state index in [0.29, 0.717) is 25.1 Å². The van der Waals surface area contributed by atoms with Gasteiger partial charge in [-0.1, -0.05) is 23.2 Å². The Morgan fingerprint density at radius 3 is 2.80 bits per heavy atom. The smallest absolute Gasteiger partial charge is 0.255 e. The second-order valence-electron chi connectivity index (χ2n) is 5.10. The number of amides is 2. The van der Waals surface area contributed by atoms with Crippen molar-refractivity contribution in [3.63, 3.8) is 0 Å². The van der Waals surface area contributed by atoms with Crippen molar-refractivity contribution in [2.45, 2.75) is 13.3 Å². The number of hydrogen-bond acceptors (Lipinski definition) is 3. The van der Waals surface area contributed by atoms with Crippen molar-refractivity contribution >= 4 is 35.0 Å². The minimum absolute atomic E-state index is 0.0633. The number of nitrogens with one attached hydrogen (secondary N) is 1. The molecule has 0 saturated carbocycles. The third-order valence-corrected chi connectivity index (χ3v) is 4.10. The highest BCUT2D eigenvalue weighted by atomic mass is 35.5. The van der Waals surface area contributed by atoms with Crippen molar-refractivity contribution in [2.75, 3.05) is 20.1 Å². The van der Waals surface area contributed by atoms with Crippen molar-refractivity contribution in [3.05, 3.63) is 28.0 Å². The van der Waals surface area contributed by atoms with Gasteiger partial charge in [0.25, 0.3) is 5.91 Å². The van der Waals surface area contributed by atoms with Gasteiger partial charge in [0, 0.05) is 26.3 Å². The van der Waals surface area contributed by atoms with Crippen LogP contribution in [0.2, 0.25) is 10.2 Å². The Labute approximate surface area is 127 Å². The molecule has 1 aromatic heterocycles. The number of aromatic nitrogens is 1. The molecule has 7 heteroatoms. The largest absolute Gasteiger partial charge is 0.359 e.